The van der Waals surface area contributed by atoms with Crippen molar-refractivity contribution in [3.63, 3.8) is 0 Å². The maximum absolute atomic E-state index is 5.89. The van der Waals surface area contributed by atoms with E-state index in [2.05, 4.69) is 50.4 Å². The first-order chi connectivity index (χ1) is 11.5. The topological polar surface area (TPSA) is 30.9 Å². The second kappa shape index (κ2) is 12.0. The van der Waals surface area contributed by atoms with Crippen LogP contribution in [-0.2, 0) is 14.2 Å². The van der Waals surface area contributed by atoms with Gasteiger partial charge in [0, 0.05) is 26.4 Å². The minimum Gasteiger partial charge on any atom is -0.381 e. The minimum atomic E-state index is -1.22. The lowest BCUT2D eigenvalue weighted by Gasteiger charge is -2.43. The van der Waals surface area contributed by atoms with Crippen LogP contribution < -0.4 is 0 Å². The van der Waals surface area contributed by atoms with E-state index < -0.39 is 26.0 Å². The van der Waals surface area contributed by atoms with Crippen molar-refractivity contribution in [3.05, 3.63) is 0 Å². The van der Waals surface area contributed by atoms with Gasteiger partial charge in [-0.25, -0.2) is 0 Å². The lowest BCUT2D eigenvalue weighted by Crippen LogP contribution is -2.59. The van der Waals surface area contributed by atoms with E-state index in [0.29, 0.717) is 0 Å². The molecular weight excluding hydrogens is 362 g/mol. The first-order valence-electron chi connectivity index (χ1n) is 10.1. The van der Waals surface area contributed by atoms with Crippen molar-refractivity contribution >= 4 is 26.0 Å². The van der Waals surface area contributed by atoms with E-state index in [1.165, 1.54) is 12.6 Å². The monoisotopic (exact) mass is 407 g/mol. The van der Waals surface area contributed by atoms with Crippen LogP contribution in [0.2, 0.25) is 45.3 Å². The molecule has 4 nitrogen and oxygen atoms in total. The van der Waals surface area contributed by atoms with Crippen LogP contribution in [0.25, 0.3) is 0 Å². The highest BCUT2D eigenvalue weighted by molar-refractivity contribution is 6.89. The van der Waals surface area contributed by atoms with Crippen LogP contribution in [0.15, 0.2) is 0 Å². The smallest absolute Gasteiger partial charge is 0.142 e. The summed E-state index contributed by atoms with van der Waals surface area (Å²) < 4.78 is 20.3. The molecule has 0 saturated heterocycles. The second-order valence-corrected chi connectivity index (χ2v) is 21.6. The molecule has 0 aromatic rings. The standard InChI is InChI=1S/C18H45NO3Si3/c1-10-21-18(3,22-11-2)23-17-13-16-20-15-12-14-19(24(4,5)6)25(7,8)9/h10-17,23H2,1-9H3. The molecule has 0 aromatic heterocycles. The van der Waals surface area contributed by atoms with Gasteiger partial charge in [0.1, 0.15) is 21.9 Å². The van der Waals surface area contributed by atoms with Crippen LogP contribution in [0, 0.1) is 0 Å². The summed E-state index contributed by atoms with van der Waals surface area (Å²) in [4.78, 5) is 0. The van der Waals surface area contributed by atoms with E-state index in [1.807, 2.05) is 13.8 Å². The normalized spacial score (nSPS) is 14.2. The van der Waals surface area contributed by atoms with Crippen LogP contribution in [-0.4, -0.2) is 68.6 Å². The summed E-state index contributed by atoms with van der Waals surface area (Å²) in [5.41, 5.74) is -0.293. The van der Waals surface area contributed by atoms with Gasteiger partial charge < -0.3 is 18.4 Å². The summed E-state index contributed by atoms with van der Waals surface area (Å²) in [6.45, 7) is 25.4. The Morgan fingerprint density at radius 2 is 1.32 bits per heavy atom. The van der Waals surface area contributed by atoms with E-state index in [4.69, 9.17) is 14.2 Å². The quantitative estimate of drug-likeness (QED) is 0.232. The molecule has 0 aromatic carbocycles. The molecule has 0 radical (unpaired) electrons. The van der Waals surface area contributed by atoms with Crippen molar-refractivity contribution in [1.82, 2.24) is 4.23 Å². The number of hydrogen-bond donors (Lipinski definition) is 0. The molecule has 0 spiro atoms. The molecule has 7 heteroatoms. The molecule has 0 atom stereocenters. The molecule has 0 rings (SSSR count). The third-order valence-electron chi connectivity index (χ3n) is 4.36. The molecule has 0 fully saturated rings. The Hall–Kier alpha value is 0.491. The van der Waals surface area contributed by atoms with Crippen LogP contribution >= 0.6 is 0 Å². The number of ether oxygens (including phenoxy) is 3. The number of nitrogens with zero attached hydrogens (tertiary/aromatic N) is 1. The van der Waals surface area contributed by atoms with Gasteiger partial charge in [0.2, 0.25) is 0 Å². The van der Waals surface area contributed by atoms with Gasteiger partial charge in [0.05, 0.1) is 9.52 Å². The SMILES string of the molecule is CCOC(C)(OCC)[SiH2]CCCOCCCN([Si](C)(C)C)[Si](C)(C)C. The van der Waals surface area contributed by atoms with Crippen molar-refractivity contribution < 1.29 is 14.2 Å². The zero-order chi connectivity index (χ0) is 19.6. The lowest BCUT2D eigenvalue weighted by molar-refractivity contribution is -0.163. The van der Waals surface area contributed by atoms with Gasteiger partial charge in [0.15, 0.2) is 0 Å². The molecule has 0 amide bonds. The molecule has 0 N–H and O–H groups in total. The maximum atomic E-state index is 5.89. The fourth-order valence-electron chi connectivity index (χ4n) is 3.55. The summed E-state index contributed by atoms with van der Waals surface area (Å²) >= 11 is 0. The highest BCUT2D eigenvalue weighted by Crippen LogP contribution is 2.20. The molecule has 152 valence electrons. The molecule has 0 saturated carbocycles. The maximum Gasteiger partial charge on any atom is 0.142 e. The Morgan fingerprint density at radius 3 is 1.76 bits per heavy atom. The first kappa shape index (κ1) is 25.5. The third kappa shape index (κ3) is 11.7. The molecule has 0 unspecified atom stereocenters. The van der Waals surface area contributed by atoms with Gasteiger partial charge >= 0.3 is 0 Å². The fraction of sp³-hybridized carbons (Fsp3) is 1.00. The van der Waals surface area contributed by atoms with Gasteiger partial charge in [-0.2, -0.15) is 0 Å². The van der Waals surface area contributed by atoms with Crippen LogP contribution in [0.5, 0.6) is 0 Å². The average Bonchev–Trinajstić information content (AvgIpc) is 2.43. The second-order valence-electron chi connectivity index (χ2n) is 8.92. The molecule has 0 aliphatic heterocycles. The average molecular weight is 408 g/mol. The zero-order valence-corrected chi connectivity index (χ0v) is 22.0. The predicted octanol–water partition coefficient (Wildman–Crippen LogP) is 4.09. The predicted molar refractivity (Wildman–Crippen MR) is 118 cm³/mol. The lowest BCUT2D eigenvalue weighted by atomic mass is 10.4. The largest absolute Gasteiger partial charge is 0.381 e. The minimum absolute atomic E-state index is 0.293. The summed E-state index contributed by atoms with van der Waals surface area (Å²) in [5.74, 6) is 0. The molecule has 0 bridgehead atoms. The van der Waals surface area contributed by atoms with Gasteiger partial charge in [-0.3, -0.25) is 0 Å². The Kier molecular flexibility index (Phi) is 12.3. The van der Waals surface area contributed by atoms with E-state index >= 15 is 0 Å². The summed E-state index contributed by atoms with van der Waals surface area (Å²) in [7, 11) is -2.85. The van der Waals surface area contributed by atoms with Gasteiger partial charge in [-0.05, 0) is 40.2 Å². The molecule has 0 aliphatic carbocycles. The highest BCUT2D eigenvalue weighted by Gasteiger charge is 2.33. The fourth-order valence-corrected chi connectivity index (χ4v) is 15.1. The summed E-state index contributed by atoms with van der Waals surface area (Å²) in [6.07, 6.45) is 2.29. The first-order valence-corrected chi connectivity index (χ1v) is 18.7. The van der Waals surface area contributed by atoms with Crippen molar-refractivity contribution in [3.8, 4) is 0 Å². The Bertz CT molecular complexity index is 323. The van der Waals surface area contributed by atoms with Crippen molar-refractivity contribution in [2.75, 3.05) is 33.0 Å². The van der Waals surface area contributed by atoms with Crippen LogP contribution in [0.4, 0.5) is 0 Å². The molecule has 25 heavy (non-hydrogen) atoms. The van der Waals surface area contributed by atoms with Crippen molar-refractivity contribution in [2.24, 2.45) is 0 Å². The molecule has 0 heterocycles. The van der Waals surface area contributed by atoms with Gasteiger partial charge in [0.25, 0.3) is 0 Å². The van der Waals surface area contributed by atoms with E-state index in [-0.39, 0.29) is 5.41 Å². The van der Waals surface area contributed by atoms with Crippen molar-refractivity contribution in [2.45, 2.75) is 84.3 Å². The molecule has 0 aliphatic rings. The number of hydrogen-bond acceptors (Lipinski definition) is 4. The van der Waals surface area contributed by atoms with Crippen molar-refractivity contribution in [1.29, 1.82) is 0 Å². The Morgan fingerprint density at radius 1 is 0.840 bits per heavy atom. The van der Waals surface area contributed by atoms with E-state index in [0.717, 1.165) is 39.3 Å². The Balaban J connectivity index is 3.93. The zero-order valence-electron chi connectivity index (χ0n) is 18.5. The van der Waals surface area contributed by atoms with E-state index in [9.17, 15) is 0 Å². The highest BCUT2D eigenvalue weighted by atomic mass is 28.4. The van der Waals surface area contributed by atoms with Crippen LogP contribution in [0.3, 0.4) is 0 Å². The van der Waals surface area contributed by atoms with Gasteiger partial charge in [-0.1, -0.05) is 45.3 Å². The summed E-state index contributed by atoms with van der Waals surface area (Å²) in [5, 5.41) is 0. The van der Waals surface area contributed by atoms with Crippen LogP contribution in [0.1, 0.15) is 33.6 Å². The van der Waals surface area contributed by atoms with Gasteiger partial charge in [-0.15, -0.1) is 0 Å². The Labute approximate surface area is 162 Å². The molecular formula is C18H45NO3Si3. The van der Waals surface area contributed by atoms with E-state index in [1.54, 1.807) is 0 Å². The third-order valence-corrected chi connectivity index (χ3v) is 14.2. The number of rotatable bonds is 15. The summed E-state index contributed by atoms with van der Waals surface area (Å²) in [6, 6.07) is 1.21.